The van der Waals surface area contributed by atoms with Crippen LogP contribution in [-0.4, -0.2) is 12.6 Å². The van der Waals surface area contributed by atoms with Crippen LogP contribution in [0.25, 0.3) is 0 Å². The molecule has 0 saturated carbocycles. The minimum absolute atomic E-state index is 0.0504. The van der Waals surface area contributed by atoms with E-state index in [-0.39, 0.29) is 22.8 Å². The van der Waals surface area contributed by atoms with Crippen LogP contribution < -0.4 is 5.73 Å². The molecule has 2 aromatic rings. The van der Waals surface area contributed by atoms with E-state index in [2.05, 4.69) is 0 Å². The molecular weight excluding hydrogens is 313 g/mol. The van der Waals surface area contributed by atoms with Crippen molar-refractivity contribution in [2.75, 3.05) is 12.3 Å². The zero-order valence-corrected chi connectivity index (χ0v) is 12.8. The molecule has 0 aliphatic carbocycles. The summed E-state index contributed by atoms with van der Waals surface area (Å²) < 4.78 is 18.9. The maximum absolute atomic E-state index is 14.0. The number of carbonyl (C=O) groups is 1. The Morgan fingerprint density at radius 2 is 2.05 bits per heavy atom. The van der Waals surface area contributed by atoms with Crippen molar-refractivity contribution in [3.63, 3.8) is 0 Å². The summed E-state index contributed by atoms with van der Waals surface area (Å²) in [7, 11) is 0. The Morgan fingerprint density at radius 3 is 2.71 bits per heavy atom. The summed E-state index contributed by atoms with van der Waals surface area (Å²) in [5.74, 6) is -1.08. The van der Waals surface area contributed by atoms with E-state index >= 15 is 0 Å². The number of esters is 1. The molecule has 0 fully saturated rings. The summed E-state index contributed by atoms with van der Waals surface area (Å²) in [6.45, 7) is 1.92. The molecule has 3 nitrogen and oxygen atoms in total. The summed E-state index contributed by atoms with van der Waals surface area (Å²) in [5, 5.41) is 0.511. The molecule has 0 radical (unpaired) electrons. The average Bonchev–Trinajstić information content (AvgIpc) is 2.44. The van der Waals surface area contributed by atoms with Gasteiger partial charge in [0.25, 0.3) is 0 Å². The van der Waals surface area contributed by atoms with Gasteiger partial charge in [0.05, 0.1) is 17.2 Å². The van der Waals surface area contributed by atoms with Crippen LogP contribution in [0.1, 0.15) is 17.3 Å². The molecule has 0 aromatic heterocycles. The molecule has 110 valence electrons. The zero-order valence-electron chi connectivity index (χ0n) is 11.2. The van der Waals surface area contributed by atoms with Crippen LogP contribution >= 0.6 is 23.4 Å². The van der Waals surface area contributed by atoms with Gasteiger partial charge in [0, 0.05) is 15.5 Å². The van der Waals surface area contributed by atoms with Crippen molar-refractivity contribution < 1.29 is 13.9 Å². The smallest absolute Gasteiger partial charge is 0.340 e. The van der Waals surface area contributed by atoms with Crippen LogP contribution in [0.4, 0.5) is 10.1 Å². The molecule has 0 amide bonds. The minimum Gasteiger partial charge on any atom is -0.462 e. The summed E-state index contributed by atoms with van der Waals surface area (Å²) in [6, 6.07) is 9.58. The third-order valence-electron chi connectivity index (χ3n) is 2.66. The van der Waals surface area contributed by atoms with E-state index < -0.39 is 11.8 Å². The Balaban J connectivity index is 2.38. The highest BCUT2D eigenvalue weighted by Crippen LogP contribution is 2.36. The number of nitrogen functional groups attached to an aromatic ring is 1. The summed E-state index contributed by atoms with van der Waals surface area (Å²) in [6.07, 6.45) is 0. The predicted octanol–water partition coefficient (Wildman–Crippen LogP) is 4.39. The molecular formula is C15H13ClFNO2S. The monoisotopic (exact) mass is 325 g/mol. The van der Waals surface area contributed by atoms with Gasteiger partial charge in [-0.1, -0.05) is 35.5 Å². The minimum atomic E-state index is -0.573. The van der Waals surface area contributed by atoms with Gasteiger partial charge in [-0.05, 0) is 31.2 Å². The first-order valence-corrected chi connectivity index (χ1v) is 7.41. The zero-order chi connectivity index (χ0) is 15.4. The predicted molar refractivity (Wildman–Crippen MR) is 82.3 cm³/mol. The molecule has 0 atom stereocenters. The number of hydrogen-bond acceptors (Lipinski definition) is 4. The fourth-order valence-corrected chi connectivity index (χ4v) is 2.81. The van der Waals surface area contributed by atoms with Gasteiger partial charge < -0.3 is 10.5 Å². The molecule has 2 rings (SSSR count). The standard InChI is InChI=1S/C15H13ClFNO2S/c1-2-20-15(19)9-7-14(11(17)8-12(9)18)21-13-6-4-3-5-10(13)16/h3-8H,2,18H2,1H3. The topological polar surface area (TPSA) is 52.3 Å². The largest absolute Gasteiger partial charge is 0.462 e. The molecule has 0 bridgehead atoms. The second-order valence-corrected chi connectivity index (χ2v) is 5.61. The first kappa shape index (κ1) is 15.7. The van der Waals surface area contributed by atoms with Gasteiger partial charge in [-0.25, -0.2) is 9.18 Å². The molecule has 21 heavy (non-hydrogen) atoms. The van der Waals surface area contributed by atoms with Crippen LogP contribution in [0.5, 0.6) is 0 Å². The maximum atomic E-state index is 14.0. The molecule has 0 spiro atoms. The van der Waals surface area contributed by atoms with Crippen LogP contribution in [0.15, 0.2) is 46.2 Å². The van der Waals surface area contributed by atoms with Gasteiger partial charge in [0.1, 0.15) is 5.82 Å². The Morgan fingerprint density at radius 1 is 1.33 bits per heavy atom. The fourth-order valence-electron chi connectivity index (χ4n) is 1.68. The van der Waals surface area contributed by atoms with Gasteiger partial charge in [-0.15, -0.1) is 0 Å². The van der Waals surface area contributed by atoms with E-state index in [1.165, 1.54) is 6.07 Å². The van der Waals surface area contributed by atoms with Crippen LogP contribution in [0.2, 0.25) is 5.02 Å². The number of halogens is 2. The van der Waals surface area contributed by atoms with Crippen LogP contribution in [0, 0.1) is 5.82 Å². The van der Waals surface area contributed by atoms with Crippen LogP contribution in [0.3, 0.4) is 0 Å². The van der Waals surface area contributed by atoms with Crippen molar-refractivity contribution in [2.24, 2.45) is 0 Å². The molecule has 6 heteroatoms. The van der Waals surface area contributed by atoms with Gasteiger partial charge in [0.15, 0.2) is 0 Å². The van der Waals surface area contributed by atoms with Crippen molar-refractivity contribution in [3.8, 4) is 0 Å². The SMILES string of the molecule is CCOC(=O)c1cc(Sc2ccccc2Cl)c(F)cc1N. The summed E-state index contributed by atoms with van der Waals surface area (Å²) in [5.41, 5.74) is 5.87. The fraction of sp³-hybridized carbons (Fsp3) is 0.133. The van der Waals surface area contributed by atoms with Crippen molar-refractivity contribution in [1.29, 1.82) is 0 Å². The third-order valence-corrected chi connectivity index (χ3v) is 4.21. The van der Waals surface area contributed by atoms with Crippen molar-refractivity contribution in [2.45, 2.75) is 16.7 Å². The number of hydrogen-bond donors (Lipinski definition) is 1. The molecule has 0 heterocycles. The average molecular weight is 326 g/mol. The summed E-state index contributed by atoms with van der Waals surface area (Å²) in [4.78, 5) is 12.7. The molecule has 2 aromatic carbocycles. The lowest BCUT2D eigenvalue weighted by atomic mass is 10.2. The Labute approximate surface area is 131 Å². The Bertz CT molecular complexity index is 679. The lowest BCUT2D eigenvalue weighted by Gasteiger charge is -2.10. The highest BCUT2D eigenvalue weighted by molar-refractivity contribution is 7.99. The van der Waals surface area contributed by atoms with Gasteiger partial charge in [-0.2, -0.15) is 0 Å². The van der Waals surface area contributed by atoms with Crippen molar-refractivity contribution in [1.82, 2.24) is 0 Å². The van der Waals surface area contributed by atoms with E-state index in [1.807, 2.05) is 0 Å². The molecule has 0 saturated heterocycles. The number of benzene rings is 2. The lowest BCUT2D eigenvalue weighted by Crippen LogP contribution is -2.08. The number of anilines is 1. The molecule has 0 unspecified atom stereocenters. The normalized spacial score (nSPS) is 10.4. The number of carbonyl (C=O) groups excluding carboxylic acids is 1. The number of ether oxygens (including phenoxy) is 1. The Kier molecular flexibility index (Phi) is 5.09. The number of rotatable bonds is 4. The number of nitrogens with two attached hydrogens (primary N) is 1. The van der Waals surface area contributed by atoms with E-state index in [4.69, 9.17) is 22.1 Å². The van der Waals surface area contributed by atoms with Gasteiger partial charge in [-0.3, -0.25) is 0 Å². The van der Waals surface area contributed by atoms with Gasteiger partial charge >= 0.3 is 5.97 Å². The van der Waals surface area contributed by atoms with E-state index in [0.29, 0.717) is 9.92 Å². The van der Waals surface area contributed by atoms with Crippen LogP contribution in [-0.2, 0) is 4.74 Å². The molecule has 0 aliphatic heterocycles. The maximum Gasteiger partial charge on any atom is 0.340 e. The first-order valence-electron chi connectivity index (χ1n) is 6.21. The van der Waals surface area contributed by atoms with E-state index in [0.717, 1.165) is 17.8 Å². The third kappa shape index (κ3) is 3.68. The van der Waals surface area contributed by atoms with E-state index in [9.17, 15) is 9.18 Å². The molecule has 0 aliphatic rings. The second-order valence-electron chi connectivity index (χ2n) is 4.12. The van der Waals surface area contributed by atoms with Crippen molar-refractivity contribution in [3.05, 3.63) is 52.8 Å². The quantitative estimate of drug-likeness (QED) is 0.669. The second kappa shape index (κ2) is 6.83. The highest BCUT2D eigenvalue weighted by atomic mass is 35.5. The summed E-state index contributed by atoms with van der Waals surface area (Å²) >= 11 is 7.18. The Hall–Kier alpha value is -1.72. The highest BCUT2D eigenvalue weighted by Gasteiger charge is 2.16. The molecule has 2 N–H and O–H groups in total. The first-order chi connectivity index (χ1) is 10.0. The van der Waals surface area contributed by atoms with Gasteiger partial charge in [0.2, 0.25) is 0 Å². The van der Waals surface area contributed by atoms with E-state index in [1.54, 1.807) is 31.2 Å². The van der Waals surface area contributed by atoms with Crippen molar-refractivity contribution >= 4 is 35.0 Å². The lowest BCUT2D eigenvalue weighted by molar-refractivity contribution is 0.0527.